The predicted octanol–water partition coefficient (Wildman–Crippen LogP) is 0.00190. The number of piperidine rings is 1. The summed E-state index contributed by atoms with van der Waals surface area (Å²) >= 11 is 0. The van der Waals surface area contributed by atoms with E-state index in [2.05, 4.69) is 11.9 Å². The third kappa shape index (κ3) is 4.82. The van der Waals surface area contributed by atoms with Crippen molar-refractivity contribution in [3.63, 3.8) is 0 Å². The minimum absolute atomic E-state index is 0.0408. The smallest absolute Gasteiger partial charge is 0.253 e. The molecule has 2 aliphatic rings. The molecule has 0 aliphatic carbocycles. The maximum Gasteiger partial charge on any atom is 0.253 e. The summed E-state index contributed by atoms with van der Waals surface area (Å²) in [5.41, 5.74) is 0. The van der Waals surface area contributed by atoms with Crippen LogP contribution in [0.5, 0.6) is 0 Å². The Morgan fingerprint density at radius 2 is 2.00 bits per heavy atom. The van der Waals surface area contributed by atoms with Crippen LogP contribution < -0.4 is 5.32 Å². The molecule has 2 amide bonds. The molecule has 1 atom stereocenters. The van der Waals surface area contributed by atoms with Crippen molar-refractivity contribution in [3.8, 4) is 0 Å². The Morgan fingerprint density at radius 3 is 2.71 bits per heavy atom. The van der Waals surface area contributed by atoms with Gasteiger partial charge in [-0.1, -0.05) is 6.08 Å². The Balaban J connectivity index is 1.80. The third-order valence-electron chi connectivity index (χ3n) is 3.90. The van der Waals surface area contributed by atoms with Gasteiger partial charge in [-0.2, -0.15) is 0 Å². The van der Waals surface area contributed by atoms with Gasteiger partial charge in [0.15, 0.2) is 0 Å². The van der Waals surface area contributed by atoms with E-state index in [1.807, 2.05) is 9.80 Å². The van der Waals surface area contributed by atoms with Crippen LogP contribution in [0.1, 0.15) is 19.3 Å². The highest BCUT2D eigenvalue weighted by molar-refractivity contribution is 5.82. The molecule has 2 saturated heterocycles. The molecule has 2 aliphatic heterocycles. The van der Waals surface area contributed by atoms with Gasteiger partial charge in [0.05, 0.1) is 13.2 Å². The number of amides is 2. The molecule has 1 unspecified atom stereocenters. The SMILES string of the molecule is C=CCNC(=O)CN1CCOC(C(=O)N2CCCCC2)C1. The van der Waals surface area contributed by atoms with E-state index in [-0.39, 0.29) is 11.8 Å². The summed E-state index contributed by atoms with van der Waals surface area (Å²) in [5, 5.41) is 2.75. The molecule has 0 aromatic carbocycles. The van der Waals surface area contributed by atoms with E-state index in [0.29, 0.717) is 32.8 Å². The number of ether oxygens (including phenoxy) is 1. The summed E-state index contributed by atoms with van der Waals surface area (Å²) in [7, 11) is 0. The second-order valence-corrected chi connectivity index (χ2v) is 5.57. The lowest BCUT2D eigenvalue weighted by Gasteiger charge is -2.35. The van der Waals surface area contributed by atoms with Crippen LogP contribution in [0.3, 0.4) is 0 Å². The fraction of sp³-hybridized carbons (Fsp3) is 0.733. The first kappa shape index (κ1) is 16.0. The Labute approximate surface area is 126 Å². The number of nitrogens with one attached hydrogen (secondary N) is 1. The lowest BCUT2D eigenvalue weighted by atomic mass is 10.1. The molecule has 0 bridgehead atoms. The number of likely N-dealkylation sites (tertiary alicyclic amines) is 1. The van der Waals surface area contributed by atoms with Crippen LogP contribution >= 0.6 is 0 Å². The molecule has 0 aromatic heterocycles. The van der Waals surface area contributed by atoms with Crippen molar-refractivity contribution in [2.24, 2.45) is 0 Å². The first-order valence-electron chi connectivity index (χ1n) is 7.71. The Hall–Kier alpha value is -1.40. The minimum Gasteiger partial charge on any atom is -0.366 e. The maximum absolute atomic E-state index is 12.4. The van der Waals surface area contributed by atoms with Crippen LogP contribution in [0.4, 0.5) is 0 Å². The summed E-state index contributed by atoms with van der Waals surface area (Å²) in [6, 6.07) is 0. The van der Waals surface area contributed by atoms with Crippen molar-refractivity contribution in [2.45, 2.75) is 25.4 Å². The second kappa shape index (κ2) is 8.14. The normalized spacial score (nSPS) is 23.6. The van der Waals surface area contributed by atoms with Gasteiger partial charge in [0.25, 0.3) is 5.91 Å². The van der Waals surface area contributed by atoms with Gasteiger partial charge in [0, 0.05) is 32.7 Å². The van der Waals surface area contributed by atoms with E-state index in [1.165, 1.54) is 6.42 Å². The zero-order valence-electron chi connectivity index (χ0n) is 12.6. The van der Waals surface area contributed by atoms with Gasteiger partial charge in [0.1, 0.15) is 6.10 Å². The van der Waals surface area contributed by atoms with E-state index in [9.17, 15) is 9.59 Å². The van der Waals surface area contributed by atoms with Crippen molar-refractivity contribution >= 4 is 11.8 Å². The summed E-state index contributed by atoms with van der Waals surface area (Å²) < 4.78 is 5.61. The van der Waals surface area contributed by atoms with Gasteiger partial charge >= 0.3 is 0 Å². The summed E-state index contributed by atoms with van der Waals surface area (Å²) in [5.74, 6) is 0.0341. The number of rotatable bonds is 5. The topological polar surface area (TPSA) is 61.9 Å². The van der Waals surface area contributed by atoms with Crippen LogP contribution in [0.25, 0.3) is 0 Å². The van der Waals surface area contributed by atoms with Crippen LogP contribution in [0.2, 0.25) is 0 Å². The largest absolute Gasteiger partial charge is 0.366 e. The van der Waals surface area contributed by atoms with E-state index < -0.39 is 6.10 Å². The highest BCUT2D eigenvalue weighted by Crippen LogP contribution is 2.14. The van der Waals surface area contributed by atoms with Gasteiger partial charge in [-0.05, 0) is 19.3 Å². The fourth-order valence-corrected chi connectivity index (χ4v) is 2.76. The van der Waals surface area contributed by atoms with Gasteiger partial charge < -0.3 is 15.0 Å². The van der Waals surface area contributed by atoms with Gasteiger partial charge in [-0.15, -0.1) is 6.58 Å². The summed E-state index contributed by atoms with van der Waals surface area (Å²) in [6.45, 7) is 7.69. The fourth-order valence-electron chi connectivity index (χ4n) is 2.76. The number of nitrogens with zero attached hydrogens (tertiary/aromatic N) is 2. The monoisotopic (exact) mass is 295 g/mol. The highest BCUT2D eigenvalue weighted by atomic mass is 16.5. The number of carbonyl (C=O) groups excluding carboxylic acids is 2. The molecule has 6 heteroatoms. The highest BCUT2D eigenvalue weighted by Gasteiger charge is 2.31. The molecule has 2 rings (SSSR count). The van der Waals surface area contributed by atoms with Crippen molar-refractivity contribution in [1.82, 2.24) is 15.1 Å². The zero-order chi connectivity index (χ0) is 15.1. The van der Waals surface area contributed by atoms with Gasteiger partial charge in [0.2, 0.25) is 5.91 Å². The summed E-state index contributed by atoms with van der Waals surface area (Å²) in [6.07, 6.45) is 4.58. The molecule has 2 fully saturated rings. The van der Waals surface area contributed by atoms with E-state index in [4.69, 9.17) is 4.74 Å². The van der Waals surface area contributed by atoms with Crippen LogP contribution in [0, 0.1) is 0 Å². The van der Waals surface area contributed by atoms with Crippen molar-refractivity contribution in [1.29, 1.82) is 0 Å². The molecule has 1 N–H and O–H groups in total. The van der Waals surface area contributed by atoms with Crippen molar-refractivity contribution in [2.75, 3.05) is 45.9 Å². The molecular weight excluding hydrogens is 270 g/mol. The van der Waals surface area contributed by atoms with Crippen molar-refractivity contribution < 1.29 is 14.3 Å². The van der Waals surface area contributed by atoms with Crippen molar-refractivity contribution in [3.05, 3.63) is 12.7 Å². The first-order chi connectivity index (χ1) is 10.2. The predicted molar refractivity (Wildman–Crippen MR) is 79.8 cm³/mol. The van der Waals surface area contributed by atoms with Crippen LogP contribution in [0.15, 0.2) is 12.7 Å². The van der Waals surface area contributed by atoms with Gasteiger partial charge in [-0.25, -0.2) is 0 Å². The quantitative estimate of drug-likeness (QED) is 0.725. The molecule has 2 heterocycles. The van der Waals surface area contributed by atoms with Crippen LogP contribution in [-0.4, -0.2) is 73.6 Å². The first-order valence-corrected chi connectivity index (χ1v) is 7.71. The molecular formula is C15H25N3O3. The molecule has 6 nitrogen and oxygen atoms in total. The van der Waals surface area contributed by atoms with E-state index >= 15 is 0 Å². The average molecular weight is 295 g/mol. The lowest BCUT2D eigenvalue weighted by Crippen LogP contribution is -2.53. The molecule has 21 heavy (non-hydrogen) atoms. The summed E-state index contributed by atoms with van der Waals surface area (Å²) in [4.78, 5) is 28.0. The number of morpholine rings is 1. The molecule has 0 aromatic rings. The number of hydrogen-bond donors (Lipinski definition) is 1. The standard InChI is InChI=1S/C15H25N3O3/c1-2-6-16-14(19)12-17-9-10-21-13(11-17)15(20)18-7-4-3-5-8-18/h2,13H,1,3-12H2,(H,16,19). The molecule has 0 saturated carbocycles. The lowest BCUT2D eigenvalue weighted by molar-refractivity contribution is -0.151. The Kier molecular flexibility index (Phi) is 6.20. The molecule has 0 radical (unpaired) electrons. The minimum atomic E-state index is -0.427. The molecule has 0 spiro atoms. The Morgan fingerprint density at radius 1 is 1.24 bits per heavy atom. The molecule has 118 valence electrons. The second-order valence-electron chi connectivity index (χ2n) is 5.57. The van der Waals surface area contributed by atoms with Gasteiger partial charge in [-0.3, -0.25) is 14.5 Å². The zero-order valence-corrected chi connectivity index (χ0v) is 12.6. The number of carbonyl (C=O) groups is 2. The average Bonchev–Trinajstić information content (AvgIpc) is 2.53. The third-order valence-corrected chi connectivity index (χ3v) is 3.90. The maximum atomic E-state index is 12.4. The van der Waals surface area contributed by atoms with E-state index in [0.717, 1.165) is 25.9 Å². The van der Waals surface area contributed by atoms with E-state index in [1.54, 1.807) is 6.08 Å². The Bertz CT molecular complexity index is 380. The number of hydrogen-bond acceptors (Lipinski definition) is 4. The van der Waals surface area contributed by atoms with Crippen LogP contribution in [-0.2, 0) is 14.3 Å².